The van der Waals surface area contributed by atoms with Gasteiger partial charge in [0.15, 0.2) is 0 Å². The molecule has 0 aliphatic rings. The molecule has 1 N–H and O–H groups in total. The summed E-state index contributed by atoms with van der Waals surface area (Å²) in [4.78, 5) is 25.4. The lowest BCUT2D eigenvalue weighted by Gasteiger charge is -2.21. The first-order valence-corrected chi connectivity index (χ1v) is 7.18. The van der Waals surface area contributed by atoms with Crippen molar-refractivity contribution in [2.24, 2.45) is 5.92 Å². The Balaban J connectivity index is 2.83. The Morgan fingerprint density at radius 1 is 1.42 bits per heavy atom. The van der Waals surface area contributed by atoms with Gasteiger partial charge in [-0.1, -0.05) is 19.1 Å². The van der Waals surface area contributed by atoms with Crippen LogP contribution in [0.2, 0.25) is 0 Å². The third-order valence-corrected chi connectivity index (χ3v) is 4.44. The maximum absolute atomic E-state index is 12.4. The first-order valence-electron chi connectivity index (χ1n) is 6.10. The molecule has 0 aromatic heterocycles. The van der Waals surface area contributed by atoms with Gasteiger partial charge in [-0.15, -0.1) is 0 Å². The summed E-state index contributed by atoms with van der Waals surface area (Å²) in [5, 5.41) is 2.59. The molecule has 1 atom stereocenters. The van der Waals surface area contributed by atoms with Crippen molar-refractivity contribution >= 4 is 34.4 Å². The fourth-order valence-corrected chi connectivity index (χ4v) is 2.43. The van der Waals surface area contributed by atoms with Gasteiger partial charge in [0.05, 0.1) is 11.5 Å². The van der Waals surface area contributed by atoms with E-state index in [0.29, 0.717) is 12.1 Å². The molecule has 0 bridgehead atoms. The minimum Gasteiger partial charge on any atom is -0.359 e. The fraction of sp³-hybridized carbons (Fsp3) is 0.429. The molecule has 1 unspecified atom stereocenters. The van der Waals surface area contributed by atoms with Crippen LogP contribution < -0.4 is 5.32 Å². The number of benzene rings is 1. The van der Waals surface area contributed by atoms with Gasteiger partial charge in [-0.05, 0) is 41.1 Å². The van der Waals surface area contributed by atoms with Gasteiger partial charge in [-0.2, -0.15) is 0 Å². The largest absolute Gasteiger partial charge is 0.359 e. The molecule has 0 spiro atoms. The van der Waals surface area contributed by atoms with Crippen molar-refractivity contribution in [2.45, 2.75) is 13.8 Å². The highest BCUT2D eigenvalue weighted by molar-refractivity contribution is 14.1. The van der Waals surface area contributed by atoms with Crippen molar-refractivity contribution in [2.75, 3.05) is 20.6 Å². The fourth-order valence-electron chi connectivity index (χ4n) is 1.84. The summed E-state index contributed by atoms with van der Waals surface area (Å²) >= 11 is 2.18. The highest BCUT2D eigenvalue weighted by Gasteiger charge is 2.20. The lowest BCUT2D eigenvalue weighted by Crippen LogP contribution is -2.37. The van der Waals surface area contributed by atoms with Crippen molar-refractivity contribution in [3.8, 4) is 0 Å². The van der Waals surface area contributed by atoms with E-state index in [9.17, 15) is 9.59 Å². The smallest absolute Gasteiger partial charge is 0.254 e. The number of nitrogens with one attached hydrogen (secondary N) is 1. The number of hydrogen-bond donors (Lipinski definition) is 1. The first kappa shape index (κ1) is 15.9. The Hall–Kier alpha value is -1.11. The predicted molar refractivity (Wildman–Crippen MR) is 84.1 cm³/mol. The van der Waals surface area contributed by atoms with Crippen LogP contribution in [0.15, 0.2) is 18.2 Å². The molecule has 4 nitrogen and oxygen atoms in total. The van der Waals surface area contributed by atoms with E-state index in [1.165, 1.54) is 0 Å². The van der Waals surface area contributed by atoms with Crippen LogP contribution in [0.5, 0.6) is 0 Å². The van der Waals surface area contributed by atoms with Crippen LogP contribution in [0.1, 0.15) is 22.8 Å². The molecule has 2 amide bonds. The van der Waals surface area contributed by atoms with E-state index in [4.69, 9.17) is 0 Å². The van der Waals surface area contributed by atoms with Gasteiger partial charge in [-0.25, -0.2) is 0 Å². The molecule has 1 rings (SSSR count). The van der Waals surface area contributed by atoms with Crippen LogP contribution in [-0.4, -0.2) is 37.4 Å². The van der Waals surface area contributed by atoms with Gasteiger partial charge in [0, 0.05) is 24.2 Å². The quantitative estimate of drug-likeness (QED) is 0.821. The van der Waals surface area contributed by atoms with Gasteiger partial charge in [0.25, 0.3) is 5.91 Å². The Morgan fingerprint density at radius 2 is 2.05 bits per heavy atom. The SMILES string of the molecule is CNC(=O)C(C)CN(C)C(=O)c1cccc(C)c1I. The standard InChI is InChI=1S/C14H19IN2O2/c1-9-6-5-7-11(12(9)15)14(19)17(4)8-10(2)13(18)16-3/h5-7,10H,8H2,1-4H3,(H,16,18). The summed E-state index contributed by atoms with van der Waals surface area (Å²) < 4.78 is 0.963. The summed E-state index contributed by atoms with van der Waals surface area (Å²) in [5.74, 6) is -0.330. The Morgan fingerprint density at radius 3 is 2.63 bits per heavy atom. The topological polar surface area (TPSA) is 49.4 Å². The van der Waals surface area contributed by atoms with E-state index in [0.717, 1.165) is 9.13 Å². The van der Waals surface area contributed by atoms with Gasteiger partial charge in [0.1, 0.15) is 0 Å². The van der Waals surface area contributed by atoms with E-state index < -0.39 is 0 Å². The molecule has 0 aliphatic carbocycles. The van der Waals surface area contributed by atoms with E-state index in [1.807, 2.05) is 32.0 Å². The number of carbonyl (C=O) groups is 2. The molecular weight excluding hydrogens is 355 g/mol. The lowest BCUT2D eigenvalue weighted by molar-refractivity contribution is -0.124. The number of rotatable bonds is 4. The highest BCUT2D eigenvalue weighted by atomic mass is 127. The zero-order chi connectivity index (χ0) is 14.6. The lowest BCUT2D eigenvalue weighted by atomic mass is 10.1. The summed E-state index contributed by atoms with van der Waals surface area (Å²) in [6.45, 7) is 4.19. The first-order chi connectivity index (χ1) is 8.88. The molecule has 0 saturated heterocycles. The zero-order valence-corrected chi connectivity index (χ0v) is 13.8. The van der Waals surface area contributed by atoms with Crippen LogP contribution in [0.4, 0.5) is 0 Å². The molecule has 0 aliphatic heterocycles. The average molecular weight is 374 g/mol. The van der Waals surface area contributed by atoms with E-state index >= 15 is 0 Å². The van der Waals surface area contributed by atoms with Gasteiger partial charge >= 0.3 is 0 Å². The highest BCUT2D eigenvalue weighted by Crippen LogP contribution is 2.18. The normalized spacial score (nSPS) is 11.8. The monoisotopic (exact) mass is 374 g/mol. The minimum absolute atomic E-state index is 0.0520. The summed E-state index contributed by atoms with van der Waals surface area (Å²) in [5.41, 5.74) is 1.77. The maximum Gasteiger partial charge on any atom is 0.254 e. The predicted octanol–water partition coefficient (Wildman–Crippen LogP) is 2.05. The third-order valence-electron chi connectivity index (χ3n) is 3.01. The van der Waals surface area contributed by atoms with Crippen molar-refractivity contribution in [3.05, 3.63) is 32.9 Å². The summed E-state index contributed by atoms with van der Waals surface area (Å²) in [6, 6.07) is 5.67. The van der Waals surface area contributed by atoms with Crippen molar-refractivity contribution in [3.63, 3.8) is 0 Å². The number of nitrogens with zero attached hydrogens (tertiary/aromatic N) is 1. The van der Waals surface area contributed by atoms with Crippen LogP contribution in [0.25, 0.3) is 0 Å². The number of hydrogen-bond acceptors (Lipinski definition) is 2. The number of halogens is 1. The van der Waals surface area contributed by atoms with Crippen molar-refractivity contribution in [1.29, 1.82) is 0 Å². The maximum atomic E-state index is 12.4. The molecule has 104 valence electrons. The second-order valence-corrected chi connectivity index (χ2v) is 5.72. The third kappa shape index (κ3) is 3.92. The van der Waals surface area contributed by atoms with Crippen LogP contribution in [0.3, 0.4) is 0 Å². The molecular formula is C14H19IN2O2. The molecule has 0 heterocycles. The van der Waals surface area contributed by atoms with E-state index in [2.05, 4.69) is 27.9 Å². The zero-order valence-electron chi connectivity index (χ0n) is 11.7. The Kier molecular flexibility index (Phi) is 5.78. The molecule has 1 aromatic carbocycles. The van der Waals surface area contributed by atoms with Gasteiger partial charge < -0.3 is 10.2 Å². The van der Waals surface area contributed by atoms with Crippen LogP contribution in [-0.2, 0) is 4.79 Å². The molecule has 5 heteroatoms. The summed E-state index contributed by atoms with van der Waals surface area (Å²) in [6.07, 6.45) is 0. The average Bonchev–Trinajstić information content (AvgIpc) is 2.39. The van der Waals surface area contributed by atoms with Crippen LogP contribution >= 0.6 is 22.6 Å². The number of aryl methyl sites for hydroxylation is 1. The van der Waals surface area contributed by atoms with Crippen molar-refractivity contribution in [1.82, 2.24) is 10.2 Å². The second-order valence-electron chi connectivity index (χ2n) is 4.64. The van der Waals surface area contributed by atoms with E-state index in [-0.39, 0.29) is 17.7 Å². The molecule has 1 aromatic rings. The molecule has 19 heavy (non-hydrogen) atoms. The molecule has 0 fully saturated rings. The van der Waals surface area contributed by atoms with Gasteiger partial charge in [-0.3, -0.25) is 9.59 Å². The second kappa shape index (κ2) is 6.88. The molecule has 0 radical (unpaired) electrons. The summed E-state index contributed by atoms with van der Waals surface area (Å²) in [7, 11) is 3.32. The van der Waals surface area contributed by atoms with E-state index in [1.54, 1.807) is 19.0 Å². The van der Waals surface area contributed by atoms with Crippen LogP contribution in [0, 0.1) is 16.4 Å². The van der Waals surface area contributed by atoms with Gasteiger partial charge in [0.2, 0.25) is 5.91 Å². The minimum atomic E-state index is -0.221. The van der Waals surface area contributed by atoms with Crippen molar-refractivity contribution < 1.29 is 9.59 Å². The molecule has 0 saturated carbocycles. The Labute approximate surface area is 127 Å². The Bertz CT molecular complexity index is 488. The number of carbonyl (C=O) groups excluding carboxylic acids is 2. The number of amides is 2.